The number of nitrogens with zero attached hydrogens (tertiary/aromatic N) is 2. The van der Waals surface area contributed by atoms with Crippen LogP contribution in [0.4, 0.5) is 0 Å². The number of thiazole rings is 1. The molecule has 0 aliphatic rings. The maximum atomic E-state index is 10.5. The van der Waals surface area contributed by atoms with Crippen molar-refractivity contribution in [3.63, 3.8) is 0 Å². The molecular weight excluding hydrogens is 183 g/mol. The Labute approximate surface area is 91.3 Å². The largest absolute Gasteiger partial charge is 1.00 e. The van der Waals surface area contributed by atoms with Gasteiger partial charge in [-0.3, -0.25) is 4.98 Å². The molecule has 0 saturated carbocycles. The summed E-state index contributed by atoms with van der Waals surface area (Å²) in [7, 11) is 0. The Balaban J connectivity index is 0.000000845. The van der Waals surface area contributed by atoms with Crippen molar-refractivity contribution in [1.82, 2.24) is 9.97 Å². The third-order valence-electron chi connectivity index (χ3n) is 1.37. The molecule has 0 radical (unpaired) electrons. The topological polar surface area (TPSA) is 63.1 Å². The SMILES string of the molecule is O=C(O)c1nc2cnccc2s1.[H-].[Li+]. The number of hydrogen-bond donors (Lipinski definition) is 1. The van der Waals surface area contributed by atoms with Gasteiger partial charge in [0.1, 0.15) is 5.52 Å². The molecule has 2 rings (SSSR count). The van der Waals surface area contributed by atoms with E-state index in [4.69, 9.17) is 5.11 Å². The molecule has 0 aromatic carbocycles. The van der Waals surface area contributed by atoms with Crippen molar-refractivity contribution in [2.75, 3.05) is 0 Å². The molecule has 0 saturated heterocycles. The van der Waals surface area contributed by atoms with Crippen molar-refractivity contribution in [1.29, 1.82) is 0 Å². The second-order valence-electron chi connectivity index (χ2n) is 2.17. The Morgan fingerprint density at radius 1 is 1.62 bits per heavy atom. The van der Waals surface area contributed by atoms with E-state index in [1.807, 2.05) is 0 Å². The van der Waals surface area contributed by atoms with Crippen molar-refractivity contribution in [3.8, 4) is 0 Å². The number of carboxylic acids is 1. The van der Waals surface area contributed by atoms with Gasteiger partial charge in [-0.15, -0.1) is 11.3 Å². The van der Waals surface area contributed by atoms with Crippen molar-refractivity contribution in [2.45, 2.75) is 0 Å². The van der Waals surface area contributed by atoms with Gasteiger partial charge in [0.05, 0.1) is 10.9 Å². The fraction of sp³-hybridized carbons (Fsp3) is 0. The molecule has 0 amide bonds. The first kappa shape index (κ1) is 10.2. The molecule has 2 aromatic heterocycles. The molecule has 13 heavy (non-hydrogen) atoms. The molecule has 0 unspecified atom stereocenters. The zero-order valence-corrected chi connectivity index (χ0v) is 7.71. The van der Waals surface area contributed by atoms with Gasteiger partial charge in [0.2, 0.25) is 5.01 Å². The standard InChI is InChI=1S/C7H4N2O2S.Li.H/c10-7(11)6-9-4-3-8-2-1-5(4)12-6;;/h1-3H,(H,10,11);;/q;+1;-1. The Hall–Kier alpha value is -0.893. The molecule has 2 aromatic rings. The van der Waals surface area contributed by atoms with Gasteiger partial charge < -0.3 is 6.53 Å². The van der Waals surface area contributed by atoms with E-state index in [-0.39, 0.29) is 25.3 Å². The first-order valence-corrected chi connectivity index (χ1v) is 4.03. The average molecular weight is 188 g/mol. The molecule has 2 heterocycles. The summed E-state index contributed by atoms with van der Waals surface area (Å²) >= 11 is 1.15. The monoisotopic (exact) mass is 188 g/mol. The van der Waals surface area contributed by atoms with Gasteiger partial charge in [0.15, 0.2) is 0 Å². The van der Waals surface area contributed by atoms with Crippen molar-refractivity contribution in [3.05, 3.63) is 23.5 Å². The van der Waals surface area contributed by atoms with Crippen LogP contribution in [0.25, 0.3) is 10.2 Å². The van der Waals surface area contributed by atoms with E-state index >= 15 is 0 Å². The maximum absolute atomic E-state index is 10.5. The van der Waals surface area contributed by atoms with Gasteiger partial charge in [-0.2, -0.15) is 0 Å². The van der Waals surface area contributed by atoms with E-state index in [0.29, 0.717) is 5.52 Å². The first-order chi connectivity index (χ1) is 5.77. The molecule has 0 fully saturated rings. The number of hydrogen-bond acceptors (Lipinski definition) is 4. The second kappa shape index (κ2) is 3.88. The molecule has 0 aliphatic heterocycles. The summed E-state index contributed by atoms with van der Waals surface area (Å²) in [5.74, 6) is -0.990. The zero-order valence-electron chi connectivity index (χ0n) is 7.89. The summed E-state index contributed by atoms with van der Waals surface area (Å²) in [6, 6.07) is 1.75. The van der Waals surface area contributed by atoms with E-state index in [1.165, 1.54) is 0 Å². The summed E-state index contributed by atoms with van der Waals surface area (Å²) in [5.41, 5.74) is 0.639. The molecule has 4 nitrogen and oxygen atoms in total. The molecule has 0 aliphatic carbocycles. The van der Waals surface area contributed by atoms with Crippen molar-refractivity contribution in [2.24, 2.45) is 0 Å². The van der Waals surface area contributed by atoms with Gasteiger partial charge in [0, 0.05) is 6.20 Å². The minimum Gasteiger partial charge on any atom is -1.00 e. The summed E-state index contributed by atoms with van der Waals surface area (Å²) in [5, 5.41) is 8.72. The maximum Gasteiger partial charge on any atom is 1.00 e. The molecular formula is C7H5LiN2O2S. The second-order valence-corrected chi connectivity index (χ2v) is 3.20. The van der Waals surface area contributed by atoms with E-state index in [2.05, 4.69) is 9.97 Å². The van der Waals surface area contributed by atoms with Crippen LogP contribution >= 0.6 is 11.3 Å². The normalized spacial score (nSPS) is 9.54. The predicted octanol–water partition coefficient (Wildman–Crippen LogP) is -1.49. The smallest absolute Gasteiger partial charge is 1.00 e. The predicted molar refractivity (Wildman–Crippen MR) is 45.5 cm³/mol. The van der Waals surface area contributed by atoms with Crippen LogP contribution < -0.4 is 18.9 Å². The van der Waals surface area contributed by atoms with E-state index < -0.39 is 5.97 Å². The molecule has 1 N–H and O–H groups in total. The summed E-state index contributed by atoms with van der Waals surface area (Å²) in [6.07, 6.45) is 3.17. The number of aromatic carboxylic acids is 1. The Bertz CT molecular complexity index is 415. The van der Waals surface area contributed by atoms with Crippen LogP contribution in [-0.2, 0) is 0 Å². The minimum absolute atomic E-state index is 0. The Morgan fingerprint density at radius 3 is 3.00 bits per heavy atom. The van der Waals surface area contributed by atoms with Crippen molar-refractivity contribution >= 4 is 27.5 Å². The first-order valence-electron chi connectivity index (χ1n) is 3.21. The van der Waals surface area contributed by atoms with Crippen LogP contribution in [-0.4, -0.2) is 21.0 Å². The number of rotatable bonds is 1. The molecule has 0 spiro atoms. The number of carbonyl (C=O) groups is 1. The molecule has 6 heteroatoms. The molecule has 0 atom stereocenters. The van der Waals surface area contributed by atoms with Crippen LogP contribution in [0.2, 0.25) is 0 Å². The zero-order chi connectivity index (χ0) is 8.55. The quantitative estimate of drug-likeness (QED) is 0.553. The van der Waals surface area contributed by atoms with E-state index in [0.717, 1.165) is 16.0 Å². The Morgan fingerprint density at radius 2 is 2.38 bits per heavy atom. The van der Waals surface area contributed by atoms with Gasteiger partial charge in [-0.1, -0.05) is 0 Å². The fourth-order valence-electron chi connectivity index (χ4n) is 0.871. The number of pyridine rings is 1. The van der Waals surface area contributed by atoms with Crippen LogP contribution in [0.3, 0.4) is 0 Å². The summed E-state index contributed by atoms with van der Waals surface area (Å²) < 4.78 is 0.849. The van der Waals surface area contributed by atoms with Crippen LogP contribution in [0.15, 0.2) is 18.5 Å². The van der Waals surface area contributed by atoms with Gasteiger partial charge in [-0.25, -0.2) is 9.78 Å². The number of aromatic nitrogens is 2. The van der Waals surface area contributed by atoms with Crippen LogP contribution in [0, 0.1) is 0 Å². The molecule has 0 bridgehead atoms. The number of carboxylic acid groups (broad SMARTS) is 1. The van der Waals surface area contributed by atoms with Gasteiger partial charge >= 0.3 is 24.8 Å². The summed E-state index contributed by atoms with van der Waals surface area (Å²) in [4.78, 5) is 18.2. The van der Waals surface area contributed by atoms with E-state index in [9.17, 15) is 4.79 Å². The third kappa shape index (κ3) is 1.89. The van der Waals surface area contributed by atoms with Gasteiger partial charge in [0.25, 0.3) is 0 Å². The Kier molecular flexibility index (Phi) is 3.04. The van der Waals surface area contributed by atoms with E-state index in [1.54, 1.807) is 18.5 Å². The third-order valence-corrected chi connectivity index (χ3v) is 2.40. The molecule has 62 valence electrons. The fourth-order valence-corrected chi connectivity index (χ4v) is 1.64. The van der Waals surface area contributed by atoms with Gasteiger partial charge in [-0.05, 0) is 6.07 Å². The number of fused-ring (bicyclic) bond motifs is 1. The minimum atomic E-state index is -0.990. The van der Waals surface area contributed by atoms with Crippen LogP contribution in [0.1, 0.15) is 11.2 Å². The summed E-state index contributed by atoms with van der Waals surface area (Å²) in [6.45, 7) is 0. The van der Waals surface area contributed by atoms with Crippen LogP contribution in [0.5, 0.6) is 0 Å². The van der Waals surface area contributed by atoms with Crippen molar-refractivity contribution < 1.29 is 30.2 Å². The average Bonchev–Trinajstić information content (AvgIpc) is 2.46.